The first-order valence-corrected chi connectivity index (χ1v) is 7.34. The van der Waals surface area contributed by atoms with Crippen LogP contribution in [0.5, 0.6) is 0 Å². The van der Waals surface area contributed by atoms with Gasteiger partial charge in [0.1, 0.15) is 10.7 Å². The van der Waals surface area contributed by atoms with Crippen molar-refractivity contribution in [3.8, 4) is 0 Å². The highest BCUT2D eigenvalue weighted by atomic mass is 32.1. The number of nitrogens with one attached hydrogen (secondary N) is 1. The highest BCUT2D eigenvalue weighted by molar-refractivity contribution is 7.07. The first-order valence-electron chi connectivity index (χ1n) is 6.56. The molecule has 1 amide bonds. The number of hydrogen-bond donors (Lipinski definition) is 1. The molecule has 1 saturated carbocycles. The SMILES string of the molecule is O=C(N[C@@H]1CC[C@H](c2ccccc2F)C1)c1cnns1. The largest absolute Gasteiger partial charge is 0.348 e. The second-order valence-corrected chi connectivity index (χ2v) is 5.77. The molecule has 0 spiro atoms. The van der Waals surface area contributed by atoms with Crippen molar-refractivity contribution in [2.75, 3.05) is 0 Å². The molecule has 1 N–H and O–H groups in total. The molecule has 2 atom stereocenters. The topological polar surface area (TPSA) is 54.9 Å². The van der Waals surface area contributed by atoms with Crippen molar-refractivity contribution in [1.29, 1.82) is 0 Å². The molecule has 1 fully saturated rings. The van der Waals surface area contributed by atoms with Crippen LogP contribution in [0, 0.1) is 5.82 Å². The van der Waals surface area contributed by atoms with Gasteiger partial charge in [-0.15, -0.1) is 5.10 Å². The zero-order valence-electron chi connectivity index (χ0n) is 10.8. The minimum atomic E-state index is -0.156. The van der Waals surface area contributed by atoms with Gasteiger partial charge in [-0.2, -0.15) is 0 Å². The average molecular weight is 291 g/mol. The molecule has 0 radical (unpaired) electrons. The molecule has 4 nitrogen and oxygen atoms in total. The maximum atomic E-state index is 13.8. The summed E-state index contributed by atoms with van der Waals surface area (Å²) >= 11 is 1.08. The maximum absolute atomic E-state index is 13.8. The van der Waals surface area contributed by atoms with Crippen LogP contribution in [0.1, 0.15) is 40.4 Å². The molecule has 0 saturated heterocycles. The van der Waals surface area contributed by atoms with Crippen LogP contribution in [0.2, 0.25) is 0 Å². The molecule has 1 heterocycles. The van der Waals surface area contributed by atoms with Crippen LogP contribution >= 0.6 is 11.5 Å². The summed E-state index contributed by atoms with van der Waals surface area (Å²) in [5.41, 5.74) is 0.753. The summed E-state index contributed by atoms with van der Waals surface area (Å²) < 4.78 is 17.4. The van der Waals surface area contributed by atoms with E-state index in [0.29, 0.717) is 4.88 Å². The van der Waals surface area contributed by atoms with E-state index in [2.05, 4.69) is 14.9 Å². The molecule has 20 heavy (non-hydrogen) atoms. The van der Waals surface area contributed by atoms with Crippen LogP contribution in [0.3, 0.4) is 0 Å². The number of rotatable bonds is 3. The van der Waals surface area contributed by atoms with Crippen LogP contribution < -0.4 is 5.32 Å². The minimum Gasteiger partial charge on any atom is -0.348 e. The lowest BCUT2D eigenvalue weighted by Crippen LogP contribution is -2.32. The molecule has 3 rings (SSSR count). The van der Waals surface area contributed by atoms with Crippen molar-refractivity contribution in [1.82, 2.24) is 14.9 Å². The monoisotopic (exact) mass is 291 g/mol. The second kappa shape index (κ2) is 5.66. The summed E-state index contributed by atoms with van der Waals surface area (Å²) in [5.74, 6) is -0.114. The second-order valence-electron chi connectivity index (χ2n) is 4.98. The molecule has 2 aromatic rings. The predicted octanol–water partition coefficient (Wildman–Crippen LogP) is 2.74. The summed E-state index contributed by atoms with van der Waals surface area (Å²) in [6, 6.07) is 6.97. The molecular formula is C14H14FN3OS. The van der Waals surface area contributed by atoms with Crippen molar-refractivity contribution in [2.24, 2.45) is 0 Å². The van der Waals surface area contributed by atoms with Crippen molar-refractivity contribution in [3.63, 3.8) is 0 Å². The van der Waals surface area contributed by atoms with E-state index in [1.54, 1.807) is 6.07 Å². The third-order valence-electron chi connectivity index (χ3n) is 3.70. The van der Waals surface area contributed by atoms with Crippen LogP contribution in [0.25, 0.3) is 0 Å². The highest BCUT2D eigenvalue weighted by Crippen LogP contribution is 2.35. The number of carbonyl (C=O) groups excluding carboxylic acids is 1. The van der Waals surface area contributed by atoms with E-state index in [9.17, 15) is 9.18 Å². The minimum absolute atomic E-state index is 0.0919. The highest BCUT2D eigenvalue weighted by Gasteiger charge is 2.29. The van der Waals surface area contributed by atoms with E-state index < -0.39 is 0 Å². The van der Waals surface area contributed by atoms with Gasteiger partial charge in [0.2, 0.25) is 0 Å². The Balaban J connectivity index is 1.63. The molecule has 1 aliphatic rings. The molecule has 6 heteroatoms. The molecule has 1 aromatic carbocycles. The van der Waals surface area contributed by atoms with E-state index in [4.69, 9.17) is 0 Å². The fraction of sp³-hybridized carbons (Fsp3) is 0.357. The molecule has 0 aliphatic heterocycles. The standard InChI is InChI=1S/C14H14FN3OS/c15-12-4-2-1-3-11(12)9-5-6-10(7-9)17-14(19)13-8-16-18-20-13/h1-4,8-10H,5-7H2,(H,17,19)/t9-,10+/m0/s1. The van der Waals surface area contributed by atoms with E-state index in [0.717, 1.165) is 36.4 Å². The summed E-state index contributed by atoms with van der Waals surface area (Å²) in [5, 5.41) is 6.62. The Morgan fingerprint density at radius 1 is 1.35 bits per heavy atom. The summed E-state index contributed by atoms with van der Waals surface area (Å²) in [7, 11) is 0. The van der Waals surface area contributed by atoms with Crippen molar-refractivity contribution < 1.29 is 9.18 Å². The smallest absolute Gasteiger partial charge is 0.264 e. The molecule has 0 unspecified atom stereocenters. The van der Waals surface area contributed by atoms with Gasteiger partial charge >= 0.3 is 0 Å². The van der Waals surface area contributed by atoms with Crippen LogP contribution in [0.15, 0.2) is 30.5 Å². The lowest BCUT2D eigenvalue weighted by molar-refractivity contribution is 0.0941. The lowest BCUT2D eigenvalue weighted by Gasteiger charge is -2.13. The van der Waals surface area contributed by atoms with Gasteiger partial charge in [-0.3, -0.25) is 4.79 Å². The lowest BCUT2D eigenvalue weighted by atomic mass is 9.97. The molecule has 0 bridgehead atoms. The molecular weight excluding hydrogens is 277 g/mol. The third kappa shape index (κ3) is 2.70. The summed E-state index contributed by atoms with van der Waals surface area (Å²) in [4.78, 5) is 12.4. The molecule has 1 aliphatic carbocycles. The van der Waals surface area contributed by atoms with Crippen molar-refractivity contribution >= 4 is 17.4 Å². The summed E-state index contributed by atoms with van der Waals surface area (Å²) in [6.07, 6.45) is 4.01. The van der Waals surface area contributed by atoms with Gasteiger partial charge in [0.05, 0.1) is 6.20 Å². The zero-order valence-corrected chi connectivity index (χ0v) is 11.6. The van der Waals surface area contributed by atoms with Crippen LogP contribution in [0.4, 0.5) is 4.39 Å². The fourth-order valence-electron chi connectivity index (χ4n) is 2.72. The number of benzene rings is 1. The maximum Gasteiger partial charge on any atom is 0.264 e. The number of hydrogen-bond acceptors (Lipinski definition) is 4. The number of amides is 1. The Hall–Kier alpha value is -1.82. The number of nitrogens with zero attached hydrogens (tertiary/aromatic N) is 2. The predicted molar refractivity (Wildman–Crippen MR) is 74.2 cm³/mol. The van der Waals surface area contributed by atoms with E-state index in [-0.39, 0.29) is 23.7 Å². The van der Waals surface area contributed by atoms with Gasteiger partial charge in [0, 0.05) is 6.04 Å². The Kier molecular flexibility index (Phi) is 3.73. The Bertz CT molecular complexity index is 602. The van der Waals surface area contributed by atoms with Gasteiger partial charge < -0.3 is 5.32 Å². The van der Waals surface area contributed by atoms with Crippen molar-refractivity contribution in [3.05, 3.63) is 46.7 Å². The Morgan fingerprint density at radius 2 is 2.20 bits per heavy atom. The Morgan fingerprint density at radius 3 is 2.95 bits per heavy atom. The van der Waals surface area contributed by atoms with E-state index >= 15 is 0 Å². The average Bonchev–Trinajstić information content (AvgIpc) is 3.10. The number of aromatic nitrogens is 2. The van der Waals surface area contributed by atoms with Crippen molar-refractivity contribution in [2.45, 2.75) is 31.2 Å². The van der Waals surface area contributed by atoms with E-state index in [1.807, 2.05) is 12.1 Å². The van der Waals surface area contributed by atoms with Gasteiger partial charge in [0.25, 0.3) is 5.91 Å². The zero-order chi connectivity index (χ0) is 13.9. The number of carbonyl (C=O) groups is 1. The molecule has 104 valence electrons. The fourth-order valence-corrected chi connectivity index (χ4v) is 3.14. The number of halogens is 1. The normalized spacial score (nSPS) is 21.9. The van der Waals surface area contributed by atoms with Crippen LogP contribution in [-0.2, 0) is 0 Å². The first kappa shape index (κ1) is 13.2. The molecule has 1 aromatic heterocycles. The summed E-state index contributed by atoms with van der Waals surface area (Å²) in [6.45, 7) is 0. The Labute approximate surface area is 120 Å². The quantitative estimate of drug-likeness (QED) is 0.946. The van der Waals surface area contributed by atoms with Gasteiger partial charge in [-0.1, -0.05) is 22.7 Å². The van der Waals surface area contributed by atoms with Gasteiger partial charge in [-0.25, -0.2) is 4.39 Å². The van der Waals surface area contributed by atoms with Gasteiger partial charge in [0.15, 0.2) is 0 Å². The third-order valence-corrected chi connectivity index (χ3v) is 4.36. The van der Waals surface area contributed by atoms with Crippen LogP contribution in [-0.4, -0.2) is 21.5 Å². The van der Waals surface area contributed by atoms with E-state index in [1.165, 1.54) is 12.3 Å². The van der Waals surface area contributed by atoms with Gasteiger partial charge in [-0.05, 0) is 48.3 Å². The first-order chi connectivity index (χ1) is 9.74.